The van der Waals surface area contributed by atoms with Crippen molar-refractivity contribution in [2.75, 3.05) is 13.7 Å². The maximum absolute atomic E-state index is 10.3. The predicted molar refractivity (Wildman–Crippen MR) is 52.9 cm³/mol. The molecule has 0 heterocycles. The fourth-order valence-corrected chi connectivity index (χ4v) is 1.40. The lowest BCUT2D eigenvalue weighted by Crippen LogP contribution is -2.47. The Morgan fingerprint density at radius 3 is 2.18 bits per heavy atom. The van der Waals surface area contributed by atoms with E-state index in [0.717, 1.165) is 7.11 Å². The fourth-order valence-electron chi connectivity index (χ4n) is 1.05. The molecular formula is C7H15O9P. The largest absolute Gasteiger partial charge is 0.469 e. The smallest absolute Gasteiger partial charge is 0.388 e. The van der Waals surface area contributed by atoms with Crippen LogP contribution in [0.2, 0.25) is 0 Å². The molecule has 5 N–H and O–H groups in total. The molecular weight excluding hydrogens is 259 g/mol. The van der Waals surface area contributed by atoms with Gasteiger partial charge in [0.2, 0.25) is 0 Å². The van der Waals surface area contributed by atoms with Crippen LogP contribution in [-0.2, 0) is 18.6 Å². The Hall–Kier alpha value is -0.380. The van der Waals surface area contributed by atoms with Crippen LogP contribution in [0.1, 0.15) is 0 Å². The summed E-state index contributed by atoms with van der Waals surface area (Å²) in [5, 5.41) is 27.9. The lowest BCUT2D eigenvalue weighted by Gasteiger charge is -2.26. The van der Waals surface area contributed by atoms with Crippen molar-refractivity contribution in [3.63, 3.8) is 0 Å². The van der Waals surface area contributed by atoms with Crippen LogP contribution in [0, 0.1) is 0 Å². The van der Waals surface area contributed by atoms with Gasteiger partial charge in [0.05, 0.1) is 6.61 Å². The Kier molecular flexibility index (Phi) is 6.98. The molecule has 9 nitrogen and oxygen atoms in total. The molecule has 10 heteroatoms. The third-order valence-corrected chi connectivity index (χ3v) is 2.38. The molecule has 0 spiro atoms. The molecule has 0 aromatic rings. The molecule has 0 fully saturated rings. The minimum absolute atomic E-state index is 0.0912. The predicted octanol–water partition coefficient (Wildman–Crippen LogP) is -2.61. The molecule has 4 unspecified atom stereocenters. The number of aliphatic hydroxyl groups excluding tert-OH is 3. The Morgan fingerprint density at radius 1 is 1.29 bits per heavy atom. The van der Waals surface area contributed by atoms with Crippen molar-refractivity contribution in [1.29, 1.82) is 0 Å². The molecule has 0 saturated carbocycles. The maximum atomic E-state index is 10.3. The van der Waals surface area contributed by atoms with Crippen molar-refractivity contribution in [2.45, 2.75) is 24.4 Å². The molecule has 0 aromatic heterocycles. The highest BCUT2D eigenvalue weighted by Crippen LogP contribution is 2.35. The van der Waals surface area contributed by atoms with E-state index in [9.17, 15) is 19.6 Å². The van der Waals surface area contributed by atoms with Gasteiger partial charge in [0.1, 0.15) is 24.4 Å². The highest BCUT2D eigenvalue weighted by atomic mass is 31.2. The number of aliphatic hydroxyl groups is 3. The van der Waals surface area contributed by atoms with Crippen molar-refractivity contribution in [2.24, 2.45) is 0 Å². The Labute approximate surface area is 96.8 Å². The van der Waals surface area contributed by atoms with E-state index in [1.807, 2.05) is 0 Å². The van der Waals surface area contributed by atoms with Gasteiger partial charge in [0.25, 0.3) is 0 Å². The van der Waals surface area contributed by atoms with Crippen LogP contribution < -0.4 is 0 Å². The molecule has 0 saturated heterocycles. The van der Waals surface area contributed by atoms with Gasteiger partial charge in [-0.3, -0.25) is 4.52 Å². The van der Waals surface area contributed by atoms with Crippen molar-refractivity contribution in [1.82, 2.24) is 0 Å². The second kappa shape index (κ2) is 7.14. The van der Waals surface area contributed by atoms with Gasteiger partial charge in [-0.15, -0.1) is 0 Å². The van der Waals surface area contributed by atoms with E-state index in [2.05, 4.69) is 9.26 Å². The molecule has 0 aromatic carbocycles. The molecule has 0 aliphatic rings. The number of phosphoric ester groups is 1. The molecule has 102 valence electrons. The molecule has 0 rings (SSSR count). The lowest BCUT2D eigenvalue weighted by molar-refractivity contribution is -0.142. The van der Waals surface area contributed by atoms with E-state index < -0.39 is 38.8 Å². The van der Waals surface area contributed by atoms with Crippen LogP contribution in [0.5, 0.6) is 0 Å². The van der Waals surface area contributed by atoms with E-state index in [-0.39, 0.29) is 6.29 Å². The zero-order chi connectivity index (χ0) is 13.6. The molecule has 0 bridgehead atoms. The summed E-state index contributed by atoms with van der Waals surface area (Å²) in [7, 11) is -3.69. The monoisotopic (exact) mass is 274 g/mol. The van der Waals surface area contributed by atoms with E-state index in [1.54, 1.807) is 0 Å². The SMILES string of the molecule is COC(C(O)C=O)C(O)C(O)COP(=O)(O)O. The lowest BCUT2D eigenvalue weighted by atomic mass is 10.0. The average Bonchev–Trinajstić information content (AvgIpc) is 2.25. The first-order valence-electron chi connectivity index (χ1n) is 4.45. The topological polar surface area (TPSA) is 154 Å². The van der Waals surface area contributed by atoms with Gasteiger partial charge in [-0.05, 0) is 0 Å². The normalized spacial score (nSPS) is 19.4. The third-order valence-electron chi connectivity index (χ3n) is 1.89. The van der Waals surface area contributed by atoms with Gasteiger partial charge < -0.3 is 34.6 Å². The van der Waals surface area contributed by atoms with Gasteiger partial charge in [-0.1, -0.05) is 0 Å². The summed E-state index contributed by atoms with van der Waals surface area (Å²) in [6, 6.07) is 0. The van der Waals surface area contributed by atoms with Crippen LogP contribution in [0.3, 0.4) is 0 Å². The van der Waals surface area contributed by atoms with Gasteiger partial charge in [-0.2, -0.15) is 0 Å². The van der Waals surface area contributed by atoms with Crippen molar-refractivity contribution in [3.05, 3.63) is 0 Å². The number of methoxy groups -OCH3 is 1. The van der Waals surface area contributed by atoms with Crippen LogP contribution in [0.25, 0.3) is 0 Å². The Morgan fingerprint density at radius 2 is 1.82 bits per heavy atom. The van der Waals surface area contributed by atoms with Gasteiger partial charge in [0, 0.05) is 7.11 Å². The maximum Gasteiger partial charge on any atom is 0.469 e. The highest BCUT2D eigenvalue weighted by Gasteiger charge is 2.33. The molecule has 0 aliphatic heterocycles. The van der Waals surface area contributed by atoms with Crippen LogP contribution in [0.15, 0.2) is 0 Å². The fraction of sp³-hybridized carbons (Fsp3) is 0.857. The second-order valence-electron chi connectivity index (χ2n) is 3.17. The third kappa shape index (κ3) is 6.20. The summed E-state index contributed by atoms with van der Waals surface area (Å²) >= 11 is 0. The summed E-state index contributed by atoms with van der Waals surface area (Å²) in [6.07, 6.45) is -6.50. The molecule has 0 aliphatic carbocycles. The zero-order valence-electron chi connectivity index (χ0n) is 8.91. The highest BCUT2D eigenvalue weighted by molar-refractivity contribution is 7.46. The quantitative estimate of drug-likeness (QED) is 0.236. The van der Waals surface area contributed by atoms with E-state index in [4.69, 9.17) is 14.9 Å². The number of phosphoric acid groups is 1. The van der Waals surface area contributed by atoms with Crippen molar-refractivity contribution >= 4 is 14.1 Å². The van der Waals surface area contributed by atoms with Crippen LogP contribution in [0.4, 0.5) is 0 Å². The summed E-state index contributed by atoms with van der Waals surface area (Å²) in [6.45, 7) is -0.878. The standard InChI is InChI=1S/C7H15O9P/c1-15-7(4(9)2-8)6(11)5(10)3-16-17(12,13)14/h2,4-7,9-11H,3H2,1H3,(H2,12,13,14). The summed E-state index contributed by atoms with van der Waals surface area (Å²) in [5.41, 5.74) is 0. The van der Waals surface area contributed by atoms with Gasteiger partial charge >= 0.3 is 7.82 Å². The van der Waals surface area contributed by atoms with Gasteiger partial charge in [-0.25, -0.2) is 4.57 Å². The minimum Gasteiger partial charge on any atom is -0.388 e. The van der Waals surface area contributed by atoms with Crippen LogP contribution >= 0.6 is 7.82 Å². The number of rotatable bonds is 8. The molecule has 0 amide bonds. The number of ether oxygens (including phenoxy) is 1. The van der Waals surface area contributed by atoms with Gasteiger partial charge in [0.15, 0.2) is 6.29 Å². The number of hydrogen-bond acceptors (Lipinski definition) is 7. The molecule has 17 heavy (non-hydrogen) atoms. The first kappa shape index (κ1) is 16.6. The number of hydrogen-bond donors (Lipinski definition) is 5. The summed E-state index contributed by atoms with van der Waals surface area (Å²) in [5.74, 6) is 0. The second-order valence-corrected chi connectivity index (χ2v) is 4.41. The Bertz CT molecular complexity index is 277. The van der Waals surface area contributed by atoms with E-state index >= 15 is 0 Å². The summed E-state index contributed by atoms with van der Waals surface area (Å²) in [4.78, 5) is 27.0. The van der Waals surface area contributed by atoms with Crippen molar-refractivity contribution in [3.8, 4) is 0 Å². The first-order valence-corrected chi connectivity index (χ1v) is 5.98. The van der Waals surface area contributed by atoms with Crippen LogP contribution in [-0.4, -0.2) is 69.5 Å². The first-order chi connectivity index (χ1) is 7.72. The summed E-state index contributed by atoms with van der Waals surface area (Å²) < 4.78 is 18.9. The number of aldehydes is 1. The average molecular weight is 274 g/mol. The zero-order valence-corrected chi connectivity index (χ0v) is 9.80. The minimum atomic E-state index is -4.77. The number of carbonyl (C=O) groups is 1. The van der Waals surface area contributed by atoms with Crippen molar-refractivity contribution < 1.29 is 43.7 Å². The van der Waals surface area contributed by atoms with E-state index in [0.29, 0.717) is 0 Å². The molecule has 0 radical (unpaired) electrons. The molecule has 4 atom stereocenters. The van der Waals surface area contributed by atoms with E-state index in [1.165, 1.54) is 0 Å². The Balaban J connectivity index is 4.40. The number of carbonyl (C=O) groups excluding carboxylic acids is 1.